The predicted molar refractivity (Wildman–Crippen MR) is 245 cm³/mol. The summed E-state index contributed by atoms with van der Waals surface area (Å²) < 4.78 is 7.30. The number of pyridine rings is 1. The van der Waals surface area contributed by atoms with Crippen molar-refractivity contribution in [2.75, 3.05) is 68.0 Å². The number of fused-ring (bicyclic) bond motifs is 2. The fourth-order valence-corrected chi connectivity index (χ4v) is 10.7. The second kappa shape index (κ2) is 17.0. The standard InChI is InChI=1S/C47H57ClN10O6/c1-28(2)58-35-10-9-31(21-29(35)22-38(44(58)63)64-25-40(60)49-5)51-41-34(48)23-50-45(53-41)55-17-13-30(14-18-55)46(3,4)56-26-47(27-56)15-19-54(20-16-47)36-8-6-7-32-33(36)24-57(43(32)62)37-11-12-39(59)52-42(37)61/h6-10,21-23,28,30,37H,11-20,24-27H2,1-5H3,(H,49,60)(H,50,51,53)(H,52,59,61). The van der Waals surface area contributed by atoms with E-state index in [1.54, 1.807) is 21.7 Å². The second-order valence-electron chi connectivity index (χ2n) is 19.0. The first-order valence-electron chi connectivity index (χ1n) is 22.5. The number of nitrogens with zero attached hydrogens (tertiary/aromatic N) is 7. The zero-order valence-corrected chi connectivity index (χ0v) is 38.0. The van der Waals surface area contributed by atoms with Gasteiger partial charge in [0.05, 0.1) is 11.7 Å². The number of aromatic nitrogens is 3. The molecule has 9 rings (SSSR count). The number of imide groups is 1. The zero-order valence-electron chi connectivity index (χ0n) is 37.2. The summed E-state index contributed by atoms with van der Waals surface area (Å²) in [5, 5.41) is 9.43. The maximum atomic E-state index is 13.5. The molecule has 5 aliphatic heterocycles. The number of ether oxygens (including phenoxy) is 1. The Morgan fingerprint density at radius 3 is 2.45 bits per heavy atom. The third-order valence-electron chi connectivity index (χ3n) is 14.5. The van der Waals surface area contributed by atoms with E-state index < -0.39 is 6.04 Å². The molecule has 4 aromatic rings. The minimum atomic E-state index is -0.619. The number of benzene rings is 2. The Hall–Kier alpha value is -5.74. The lowest BCUT2D eigenvalue weighted by Crippen LogP contribution is -2.68. The molecule has 1 unspecified atom stereocenters. The Balaban J connectivity index is 0.799. The van der Waals surface area contributed by atoms with Gasteiger partial charge in [0.25, 0.3) is 17.4 Å². The van der Waals surface area contributed by atoms with Gasteiger partial charge in [-0.1, -0.05) is 17.7 Å². The van der Waals surface area contributed by atoms with Gasteiger partial charge in [-0.3, -0.25) is 34.2 Å². The van der Waals surface area contributed by atoms with Crippen LogP contribution in [0, 0.1) is 11.3 Å². The first-order chi connectivity index (χ1) is 30.6. The smallest absolute Gasteiger partial charge is 0.293 e. The average Bonchev–Trinajstić information content (AvgIpc) is 3.61. The largest absolute Gasteiger partial charge is 0.478 e. The summed E-state index contributed by atoms with van der Waals surface area (Å²) >= 11 is 6.66. The van der Waals surface area contributed by atoms with E-state index in [1.165, 1.54) is 7.05 Å². The number of carbonyl (C=O) groups is 4. The van der Waals surface area contributed by atoms with Crippen LogP contribution in [0.4, 0.5) is 23.1 Å². The monoisotopic (exact) mass is 892 g/mol. The van der Waals surface area contributed by atoms with Crippen molar-refractivity contribution in [1.82, 2.24) is 35.0 Å². The topological polar surface area (TPSA) is 174 Å². The van der Waals surface area contributed by atoms with Gasteiger partial charge in [0.2, 0.25) is 17.8 Å². The van der Waals surface area contributed by atoms with Gasteiger partial charge in [-0.2, -0.15) is 4.98 Å². The van der Waals surface area contributed by atoms with Crippen molar-refractivity contribution in [3.63, 3.8) is 0 Å². The number of likely N-dealkylation sites (N-methyl/N-ethyl adjacent to an activating group) is 1. The lowest BCUT2D eigenvalue weighted by Gasteiger charge is -2.61. The van der Waals surface area contributed by atoms with Crippen molar-refractivity contribution in [3.05, 3.63) is 75.2 Å². The SMILES string of the molecule is CNC(=O)COc1cc2cc(Nc3nc(N4CCC(C(C)(C)N5CC6(CCN(c7cccc8c7CN(C7CCC(=O)NC7=O)C8=O)CC6)C5)CC4)ncc3Cl)ccc2n(C(C)C)c1=O. The van der Waals surface area contributed by atoms with Crippen LogP contribution < -0.4 is 36.0 Å². The Bertz CT molecular complexity index is 2570. The zero-order chi connectivity index (χ0) is 45.1. The molecule has 17 heteroatoms. The fourth-order valence-electron chi connectivity index (χ4n) is 10.6. The molecule has 0 radical (unpaired) electrons. The summed E-state index contributed by atoms with van der Waals surface area (Å²) in [5.74, 6) is 0.584. The molecule has 0 aliphatic carbocycles. The molecule has 0 saturated carbocycles. The molecule has 0 bridgehead atoms. The molecule has 1 spiro atoms. The van der Waals surface area contributed by atoms with E-state index in [2.05, 4.69) is 55.5 Å². The molecule has 4 saturated heterocycles. The number of carbonyl (C=O) groups excluding carboxylic acids is 4. The summed E-state index contributed by atoms with van der Waals surface area (Å²) in [4.78, 5) is 81.5. The molecular formula is C47H57ClN10O6. The number of amides is 4. The minimum Gasteiger partial charge on any atom is -0.478 e. The summed E-state index contributed by atoms with van der Waals surface area (Å²) in [5.41, 5.74) is 4.21. The number of rotatable bonds is 11. The van der Waals surface area contributed by atoms with Crippen molar-refractivity contribution in [2.45, 2.75) is 90.4 Å². The van der Waals surface area contributed by atoms with Gasteiger partial charge in [0.1, 0.15) is 11.1 Å². The molecule has 7 heterocycles. The molecule has 1 atom stereocenters. The van der Waals surface area contributed by atoms with Crippen LogP contribution in [-0.2, 0) is 20.9 Å². The Kier molecular flexibility index (Phi) is 11.6. The van der Waals surface area contributed by atoms with Crippen molar-refractivity contribution in [3.8, 4) is 5.75 Å². The summed E-state index contributed by atoms with van der Waals surface area (Å²) in [6.07, 6.45) is 6.44. The van der Waals surface area contributed by atoms with E-state index in [4.69, 9.17) is 21.3 Å². The third kappa shape index (κ3) is 8.03. The van der Waals surface area contributed by atoms with Crippen LogP contribution in [0.15, 0.2) is 53.5 Å². The van der Waals surface area contributed by atoms with E-state index in [0.717, 1.165) is 92.8 Å². The third-order valence-corrected chi connectivity index (χ3v) is 14.8. The Morgan fingerprint density at radius 1 is 1.00 bits per heavy atom. The summed E-state index contributed by atoms with van der Waals surface area (Å²) in [6.45, 7) is 14.4. The lowest BCUT2D eigenvalue weighted by molar-refractivity contribution is -0.137. The number of hydrogen-bond acceptors (Lipinski definition) is 12. The number of piperidine rings is 3. The van der Waals surface area contributed by atoms with Gasteiger partial charge in [-0.15, -0.1) is 0 Å². The van der Waals surface area contributed by atoms with Gasteiger partial charge in [-0.25, -0.2) is 4.98 Å². The molecule has 338 valence electrons. The van der Waals surface area contributed by atoms with Crippen molar-refractivity contribution >= 4 is 69.3 Å². The highest BCUT2D eigenvalue weighted by Crippen LogP contribution is 2.48. The maximum absolute atomic E-state index is 13.5. The fraction of sp³-hybridized carbons (Fsp3) is 0.511. The molecule has 2 aromatic carbocycles. The molecule has 3 N–H and O–H groups in total. The molecule has 4 amide bonds. The van der Waals surface area contributed by atoms with Gasteiger partial charge in [0, 0.05) is 98.8 Å². The Morgan fingerprint density at radius 2 is 1.75 bits per heavy atom. The van der Waals surface area contributed by atoms with Crippen LogP contribution in [-0.4, -0.2) is 112 Å². The van der Waals surface area contributed by atoms with Crippen molar-refractivity contribution in [1.29, 1.82) is 0 Å². The lowest BCUT2D eigenvalue weighted by atomic mass is 9.67. The van der Waals surface area contributed by atoms with E-state index in [0.29, 0.717) is 41.2 Å². The molecule has 16 nitrogen and oxygen atoms in total. The quantitative estimate of drug-likeness (QED) is 0.167. The van der Waals surface area contributed by atoms with Gasteiger partial charge in [-0.05, 0) is 108 Å². The van der Waals surface area contributed by atoms with E-state index >= 15 is 0 Å². The normalized spacial score (nSPS) is 20.5. The first kappa shape index (κ1) is 43.5. The molecule has 2 aromatic heterocycles. The number of likely N-dealkylation sites (tertiary alicyclic amines) is 1. The van der Waals surface area contributed by atoms with E-state index in [1.807, 2.05) is 44.2 Å². The highest BCUT2D eigenvalue weighted by Gasteiger charge is 2.52. The molecule has 4 fully saturated rings. The number of anilines is 4. The average molecular weight is 893 g/mol. The maximum Gasteiger partial charge on any atom is 0.293 e. The van der Waals surface area contributed by atoms with Crippen LogP contribution in [0.2, 0.25) is 5.02 Å². The van der Waals surface area contributed by atoms with Crippen molar-refractivity contribution < 1.29 is 23.9 Å². The van der Waals surface area contributed by atoms with Crippen molar-refractivity contribution in [2.24, 2.45) is 11.3 Å². The molecule has 64 heavy (non-hydrogen) atoms. The van der Waals surface area contributed by atoms with Gasteiger partial charge >= 0.3 is 0 Å². The second-order valence-corrected chi connectivity index (χ2v) is 19.4. The van der Waals surface area contributed by atoms with Crippen LogP contribution in [0.1, 0.15) is 88.2 Å². The van der Waals surface area contributed by atoms with Gasteiger partial charge < -0.3 is 34.6 Å². The predicted octanol–water partition coefficient (Wildman–Crippen LogP) is 5.25. The highest BCUT2D eigenvalue weighted by atomic mass is 35.5. The Labute approximate surface area is 377 Å². The number of hydrogen-bond donors (Lipinski definition) is 3. The van der Waals surface area contributed by atoms with Gasteiger partial charge in [0.15, 0.2) is 18.2 Å². The minimum absolute atomic E-state index is 0.0338. The molecular weight excluding hydrogens is 836 g/mol. The molecule has 5 aliphatic rings. The van der Waals surface area contributed by atoms with Crippen LogP contribution in [0.25, 0.3) is 10.9 Å². The van der Waals surface area contributed by atoms with Crippen LogP contribution >= 0.6 is 11.6 Å². The van der Waals surface area contributed by atoms with E-state index in [-0.39, 0.29) is 65.0 Å². The first-order valence-corrected chi connectivity index (χ1v) is 22.9. The number of nitrogens with one attached hydrogen (secondary N) is 3. The van der Waals surface area contributed by atoms with Crippen LogP contribution in [0.5, 0.6) is 5.75 Å². The summed E-state index contributed by atoms with van der Waals surface area (Å²) in [6, 6.07) is 12.5. The van der Waals surface area contributed by atoms with E-state index in [9.17, 15) is 24.0 Å². The summed E-state index contributed by atoms with van der Waals surface area (Å²) in [7, 11) is 1.52. The van der Waals surface area contributed by atoms with Crippen LogP contribution in [0.3, 0.4) is 0 Å². The highest BCUT2D eigenvalue weighted by molar-refractivity contribution is 6.33. The number of halogens is 1.